The minimum Gasteiger partial charge on any atom is -0.490 e. The molecule has 40 heavy (non-hydrogen) atoms. The maximum absolute atomic E-state index is 12.3. The van der Waals surface area contributed by atoms with Crippen LogP contribution in [0.4, 0.5) is 10.5 Å². The predicted molar refractivity (Wildman–Crippen MR) is 154 cm³/mol. The summed E-state index contributed by atoms with van der Waals surface area (Å²) in [6.45, 7) is 1.93. The third-order valence-electron chi connectivity index (χ3n) is 8.57. The first kappa shape index (κ1) is 26.7. The highest BCUT2D eigenvalue weighted by atomic mass is 32.2. The molecule has 1 amide bonds. The molecule has 1 aliphatic heterocycles. The molecular formula is C31H35N3O5S. The third-order valence-corrected chi connectivity index (χ3v) is 10.3. The topological polar surface area (TPSA) is 110 Å². The Morgan fingerprint density at radius 2 is 1.73 bits per heavy atom. The van der Waals surface area contributed by atoms with Gasteiger partial charge in [-0.1, -0.05) is 25.0 Å². The van der Waals surface area contributed by atoms with Crippen molar-refractivity contribution < 1.29 is 22.7 Å². The molecular weight excluding hydrogens is 526 g/mol. The van der Waals surface area contributed by atoms with E-state index in [0.717, 1.165) is 60.7 Å². The maximum atomic E-state index is 12.3. The number of sulfone groups is 1. The lowest BCUT2D eigenvalue weighted by Crippen LogP contribution is -2.30. The van der Waals surface area contributed by atoms with E-state index in [-0.39, 0.29) is 29.8 Å². The molecule has 8 nitrogen and oxygen atoms in total. The van der Waals surface area contributed by atoms with Gasteiger partial charge in [0.2, 0.25) is 0 Å². The van der Waals surface area contributed by atoms with E-state index >= 15 is 0 Å². The second-order valence-electron chi connectivity index (χ2n) is 11.4. The van der Waals surface area contributed by atoms with Gasteiger partial charge in [-0.05, 0) is 81.2 Å². The van der Waals surface area contributed by atoms with Gasteiger partial charge in [-0.2, -0.15) is 5.26 Å². The molecule has 3 aliphatic rings. The Morgan fingerprint density at radius 3 is 2.38 bits per heavy atom. The number of carbonyl (C=O) groups excluding carboxylic acids is 1. The number of rotatable bonds is 7. The number of amides is 1. The van der Waals surface area contributed by atoms with Crippen LogP contribution in [0.25, 0.3) is 22.2 Å². The first-order chi connectivity index (χ1) is 19.3. The Labute approximate surface area is 235 Å². The van der Waals surface area contributed by atoms with Crippen molar-refractivity contribution in [2.24, 2.45) is 5.92 Å². The number of hydrogen-bond donors (Lipinski definition) is 1. The van der Waals surface area contributed by atoms with E-state index in [1.807, 2.05) is 49.4 Å². The predicted octanol–water partition coefficient (Wildman–Crippen LogP) is 6.60. The fourth-order valence-corrected chi connectivity index (χ4v) is 7.62. The number of nitrogens with zero attached hydrogens (tertiary/aromatic N) is 2. The summed E-state index contributed by atoms with van der Waals surface area (Å²) in [6.07, 6.45) is 6.90. The van der Waals surface area contributed by atoms with Crippen molar-refractivity contribution in [3.05, 3.63) is 48.0 Å². The summed E-state index contributed by atoms with van der Waals surface area (Å²) in [7, 11) is -2.96. The van der Waals surface area contributed by atoms with Gasteiger partial charge >= 0.3 is 6.09 Å². The average Bonchev–Trinajstić information content (AvgIpc) is 3.56. The van der Waals surface area contributed by atoms with Gasteiger partial charge in [0.15, 0.2) is 9.84 Å². The first-order valence-electron chi connectivity index (χ1n) is 14.3. The Balaban J connectivity index is 1.31. The number of ether oxygens (including phenoxy) is 2. The van der Waals surface area contributed by atoms with Gasteiger partial charge in [-0.15, -0.1) is 0 Å². The van der Waals surface area contributed by atoms with Crippen molar-refractivity contribution in [1.29, 1.82) is 5.26 Å². The molecule has 9 heteroatoms. The molecule has 1 aromatic heterocycles. The number of nitrogens with one attached hydrogen (secondary N) is 1. The molecule has 3 aromatic rings. The zero-order chi connectivity index (χ0) is 27.9. The molecule has 0 unspecified atom stereocenters. The fraction of sp³-hybridized carbons (Fsp3) is 0.484. The van der Waals surface area contributed by atoms with Gasteiger partial charge in [0.1, 0.15) is 24.0 Å². The van der Waals surface area contributed by atoms with Crippen molar-refractivity contribution in [3.8, 4) is 23.1 Å². The number of hydrogen-bond acceptors (Lipinski definition) is 6. The van der Waals surface area contributed by atoms with E-state index in [1.165, 1.54) is 0 Å². The van der Waals surface area contributed by atoms with Gasteiger partial charge in [0, 0.05) is 23.2 Å². The normalized spacial score (nSPS) is 20.2. The second-order valence-corrected chi connectivity index (χ2v) is 13.7. The summed E-state index contributed by atoms with van der Waals surface area (Å²) >= 11 is 0. The van der Waals surface area contributed by atoms with Crippen LogP contribution in [0, 0.1) is 17.2 Å². The molecule has 210 valence electrons. The van der Waals surface area contributed by atoms with Crippen molar-refractivity contribution in [2.45, 2.75) is 76.5 Å². The van der Waals surface area contributed by atoms with Gasteiger partial charge in [0.25, 0.3) is 0 Å². The molecule has 2 aromatic carbocycles. The number of aromatic nitrogens is 1. The van der Waals surface area contributed by atoms with E-state index in [1.54, 1.807) is 0 Å². The minimum absolute atomic E-state index is 0.0837. The average molecular weight is 562 g/mol. The molecule has 0 spiro atoms. The monoisotopic (exact) mass is 561 g/mol. The van der Waals surface area contributed by atoms with Crippen LogP contribution < -0.4 is 10.1 Å². The van der Waals surface area contributed by atoms with Crippen molar-refractivity contribution in [1.82, 2.24) is 4.57 Å². The zero-order valence-corrected chi connectivity index (χ0v) is 23.6. The van der Waals surface area contributed by atoms with Crippen LogP contribution in [-0.2, 0) is 14.6 Å². The molecule has 1 saturated heterocycles. The molecule has 3 fully saturated rings. The van der Waals surface area contributed by atoms with Crippen LogP contribution in [-0.4, -0.2) is 42.8 Å². The van der Waals surface area contributed by atoms with Crippen molar-refractivity contribution in [3.63, 3.8) is 0 Å². The Hall–Kier alpha value is -3.51. The molecule has 2 aliphatic carbocycles. The zero-order valence-electron chi connectivity index (χ0n) is 22.8. The molecule has 2 saturated carbocycles. The standard InChI is InChI=1S/C31H35N3O5S/c1-20(21-6-7-21)38-31(35)33-23-10-8-22(9-11-23)30-28(19-32)27-13-12-26(39-25-14-16-40(36,37)17-15-25)18-29(27)34(30)24-4-2-3-5-24/h8-13,18,20-21,24-25H,2-7,14-17H2,1H3,(H,33,35)/t20-/m1/s1. The molecule has 1 atom stereocenters. The summed E-state index contributed by atoms with van der Waals surface area (Å²) in [5, 5.41) is 14.0. The lowest BCUT2D eigenvalue weighted by molar-refractivity contribution is 0.108. The van der Waals surface area contributed by atoms with Crippen LogP contribution in [0.15, 0.2) is 42.5 Å². The lowest BCUT2D eigenvalue weighted by atomic mass is 10.1. The van der Waals surface area contributed by atoms with Gasteiger partial charge in [0.05, 0.1) is 28.3 Å². The van der Waals surface area contributed by atoms with E-state index in [2.05, 4.69) is 16.0 Å². The molecule has 0 bridgehead atoms. The Morgan fingerprint density at radius 1 is 1.02 bits per heavy atom. The number of benzene rings is 2. The van der Waals surface area contributed by atoms with Crippen LogP contribution in [0.5, 0.6) is 5.75 Å². The van der Waals surface area contributed by atoms with E-state index in [9.17, 15) is 18.5 Å². The smallest absolute Gasteiger partial charge is 0.411 e. The number of carbonyl (C=O) groups is 1. The summed E-state index contributed by atoms with van der Waals surface area (Å²) in [4.78, 5) is 12.3. The van der Waals surface area contributed by atoms with Crippen LogP contribution in [0.3, 0.4) is 0 Å². The summed E-state index contributed by atoms with van der Waals surface area (Å²) in [5.74, 6) is 1.48. The van der Waals surface area contributed by atoms with Crippen LogP contribution >= 0.6 is 0 Å². The van der Waals surface area contributed by atoms with Gasteiger partial charge < -0.3 is 14.0 Å². The minimum atomic E-state index is -2.96. The van der Waals surface area contributed by atoms with Crippen LogP contribution in [0.1, 0.15) is 69.9 Å². The SMILES string of the molecule is C[C@@H](OC(=O)Nc1ccc(-c2c(C#N)c3ccc(OC4CCS(=O)(=O)CC4)cc3n2C2CCCC2)cc1)C1CC1. The first-order valence-corrected chi connectivity index (χ1v) is 16.2. The van der Waals surface area contributed by atoms with Crippen LogP contribution in [0.2, 0.25) is 0 Å². The summed E-state index contributed by atoms with van der Waals surface area (Å²) in [5.41, 5.74) is 4.01. The van der Waals surface area contributed by atoms with E-state index < -0.39 is 15.9 Å². The highest BCUT2D eigenvalue weighted by molar-refractivity contribution is 7.91. The number of fused-ring (bicyclic) bond motifs is 1. The largest absolute Gasteiger partial charge is 0.490 e. The summed E-state index contributed by atoms with van der Waals surface area (Å²) < 4.78 is 37.7. The van der Waals surface area contributed by atoms with Gasteiger partial charge in [-0.3, -0.25) is 5.32 Å². The molecule has 1 N–H and O–H groups in total. The van der Waals surface area contributed by atoms with E-state index in [0.29, 0.717) is 35.8 Å². The summed E-state index contributed by atoms with van der Waals surface area (Å²) in [6, 6.07) is 16.2. The second kappa shape index (κ2) is 10.8. The number of anilines is 1. The quantitative estimate of drug-likeness (QED) is 0.348. The Bertz CT molecular complexity index is 1550. The lowest BCUT2D eigenvalue weighted by Gasteiger charge is -2.23. The molecule has 0 radical (unpaired) electrons. The van der Waals surface area contributed by atoms with Crippen molar-refractivity contribution in [2.75, 3.05) is 16.8 Å². The molecule has 6 rings (SSSR count). The molecule has 2 heterocycles. The third kappa shape index (κ3) is 5.55. The van der Waals surface area contributed by atoms with Crippen molar-refractivity contribution >= 4 is 32.5 Å². The van der Waals surface area contributed by atoms with E-state index in [4.69, 9.17) is 9.47 Å². The number of nitriles is 1. The highest BCUT2D eigenvalue weighted by Crippen LogP contribution is 2.42. The Kier molecular flexibility index (Phi) is 7.22. The van der Waals surface area contributed by atoms with Gasteiger partial charge in [-0.25, -0.2) is 13.2 Å². The highest BCUT2D eigenvalue weighted by Gasteiger charge is 2.31. The fourth-order valence-electron chi connectivity index (χ4n) is 6.17. The maximum Gasteiger partial charge on any atom is 0.411 e.